The lowest BCUT2D eigenvalue weighted by atomic mass is 10.1. The number of likely N-dealkylation sites (N-methyl/N-ethyl adjacent to an activating group) is 1. The number of benzene rings is 2. The maximum atomic E-state index is 13.3. The van der Waals surface area contributed by atoms with Crippen LogP contribution in [-0.4, -0.2) is 55.0 Å². The van der Waals surface area contributed by atoms with E-state index in [1.54, 1.807) is 31.2 Å². The molecule has 0 bridgehead atoms. The SMILES string of the molecule is CC[C@H](C(=O)NC)N(Cc1ccc(F)cc1)C(=O)CCCN1C(=O)c2ccccc2S1(=O)=O. The third kappa shape index (κ3) is 5.05. The summed E-state index contributed by atoms with van der Waals surface area (Å²) >= 11 is 0. The van der Waals surface area contributed by atoms with Gasteiger partial charge in [0.05, 0.1) is 5.56 Å². The lowest BCUT2D eigenvalue weighted by molar-refractivity contribution is -0.141. The van der Waals surface area contributed by atoms with Crippen LogP contribution in [0, 0.1) is 5.82 Å². The van der Waals surface area contributed by atoms with Gasteiger partial charge in [-0.15, -0.1) is 0 Å². The number of hydrogen-bond acceptors (Lipinski definition) is 5. The van der Waals surface area contributed by atoms with Crippen molar-refractivity contribution >= 4 is 27.7 Å². The molecule has 33 heavy (non-hydrogen) atoms. The van der Waals surface area contributed by atoms with E-state index in [1.807, 2.05) is 0 Å². The van der Waals surface area contributed by atoms with Gasteiger partial charge in [0, 0.05) is 26.6 Å². The Morgan fingerprint density at radius 1 is 1.12 bits per heavy atom. The summed E-state index contributed by atoms with van der Waals surface area (Å²) in [6.07, 6.45) is 0.396. The van der Waals surface area contributed by atoms with Crippen molar-refractivity contribution < 1.29 is 27.2 Å². The van der Waals surface area contributed by atoms with Crippen molar-refractivity contribution in [1.29, 1.82) is 0 Å². The molecule has 0 radical (unpaired) electrons. The van der Waals surface area contributed by atoms with Gasteiger partial charge >= 0.3 is 0 Å². The fourth-order valence-electron chi connectivity index (χ4n) is 3.84. The van der Waals surface area contributed by atoms with E-state index in [0.717, 1.165) is 4.31 Å². The quantitative estimate of drug-likeness (QED) is 0.599. The molecule has 8 nitrogen and oxygen atoms in total. The first kappa shape index (κ1) is 24.4. The zero-order valence-corrected chi connectivity index (χ0v) is 19.3. The van der Waals surface area contributed by atoms with E-state index in [-0.39, 0.29) is 48.2 Å². The van der Waals surface area contributed by atoms with Gasteiger partial charge in [0.2, 0.25) is 11.8 Å². The Morgan fingerprint density at radius 2 is 1.79 bits per heavy atom. The summed E-state index contributed by atoms with van der Waals surface area (Å²) in [6.45, 7) is 1.72. The van der Waals surface area contributed by atoms with Crippen molar-refractivity contribution in [2.75, 3.05) is 13.6 Å². The van der Waals surface area contributed by atoms with Crippen LogP contribution >= 0.6 is 0 Å². The van der Waals surface area contributed by atoms with Gasteiger partial charge in [0.15, 0.2) is 0 Å². The largest absolute Gasteiger partial charge is 0.357 e. The van der Waals surface area contributed by atoms with Crippen LogP contribution in [0.4, 0.5) is 4.39 Å². The molecule has 0 fully saturated rings. The lowest BCUT2D eigenvalue weighted by Crippen LogP contribution is -2.48. The molecule has 0 spiro atoms. The Morgan fingerprint density at radius 3 is 2.39 bits per heavy atom. The minimum Gasteiger partial charge on any atom is -0.357 e. The average molecular weight is 476 g/mol. The van der Waals surface area contributed by atoms with Crippen molar-refractivity contribution in [3.05, 3.63) is 65.5 Å². The Labute approximate surface area is 192 Å². The summed E-state index contributed by atoms with van der Waals surface area (Å²) in [5.74, 6) is -1.72. The number of carbonyl (C=O) groups is 3. The third-order valence-corrected chi connectivity index (χ3v) is 7.40. The first-order valence-electron chi connectivity index (χ1n) is 10.6. The summed E-state index contributed by atoms with van der Waals surface area (Å²) in [5, 5.41) is 2.55. The highest BCUT2D eigenvalue weighted by Crippen LogP contribution is 2.30. The lowest BCUT2D eigenvalue weighted by Gasteiger charge is -2.30. The highest BCUT2D eigenvalue weighted by atomic mass is 32.2. The molecule has 1 aliphatic rings. The van der Waals surface area contributed by atoms with Gasteiger partial charge in [-0.25, -0.2) is 17.1 Å². The number of fused-ring (bicyclic) bond motifs is 1. The molecule has 0 aromatic heterocycles. The standard InChI is InChI=1S/C23H26FN3O5S/c1-3-19(22(29)25-2)26(15-16-10-12-17(24)13-11-16)21(28)9-6-14-27-23(30)18-7-4-5-8-20(18)33(27,31)32/h4-5,7-8,10-13,19H,3,6,9,14-15H2,1-2H3,(H,25,29)/t19-/m1/s1. The number of nitrogens with zero attached hydrogens (tertiary/aromatic N) is 2. The van der Waals surface area contributed by atoms with Gasteiger partial charge in [-0.3, -0.25) is 14.4 Å². The van der Waals surface area contributed by atoms with E-state index < -0.39 is 27.8 Å². The molecule has 1 aliphatic heterocycles. The van der Waals surface area contributed by atoms with E-state index in [9.17, 15) is 27.2 Å². The van der Waals surface area contributed by atoms with Crippen LogP contribution in [0.25, 0.3) is 0 Å². The summed E-state index contributed by atoms with van der Waals surface area (Å²) in [6, 6.07) is 10.9. The maximum absolute atomic E-state index is 13.3. The Kier molecular flexibility index (Phi) is 7.47. The minimum atomic E-state index is -3.95. The topological polar surface area (TPSA) is 104 Å². The van der Waals surface area contributed by atoms with Crippen LogP contribution in [0.1, 0.15) is 42.1 Å². The van der Waals surface area contributed by atoms with E-state index in [0.29, 0.717) is 12.0 Å². The first-order valence-corrected chi connectivity index (χ1v) is 12.1. The molecule has 3 amide bonds. The molecular weight excluding hydrogens is 449 g/mol. The number of rotatable bonds is 9. The van der Waals surface area contributed by atoms with Crippen LogP contribution in [0.15, 0.2) is 53.4 Å². The zero-order chi connectivity index (χ0) is 24.2. The molecular formula is C23H26FN3O5S. The van der Waals surface area contributed by atoms with Crippen molar-refractivity contribution in [2.24, 2.45) is 0 Å². The van der Waals surface area contributed by atoms with Crippen LogP contribution in [-0.2, 0) is 26.2 Å². The first-order chi connectivity index (χ1) is 15.7. The van der Waals surface area contributed by atoms with Gasteiger partial charge in [0.1, 0.15) is 16.8 Å². The van der Waals surface area contributed by atoms with Gasteiger partial charge in [-0.1, -0.05) is 31.2 Å². The highest BCUT2D eigenvalue weighted by Gasteiger charge is 2.40. The summed E-state index contributed by atoms with van der Waals surface area (Å²) in [7, 11) is -2.47. The molecule has 1 atom stereocenters. The molecule has 0 unspecified atom stereocenters. The predicted molar refractivity (Wildman–Crippen MR) is 119 cm³/mol. The summed E-state index contributed by atoms with van der Waals surface area (Å²) in [5.41, 5.74) is 0.771. The molecule has 1 N–H and O–H groups in total. The Balaban J connectivity index is 1.72. The van der Waals surface area contributed by atoms with Crippen molar-refractivity contribution in [3.8, 4) is 0 Å². The fourth-order valence-corrected chi connectivity index (χ4v) is 5.45. The summed E-state index contributed by atoms with van der Waals surface area (Å²) < 4.78 is 39.4. The van der Waals surface area contributed by atoms with Crippen LogP contribution in [0.5, 0.6) is 0 Å². The summed E-state index contributed by atoms with van der Waals surface area (Å²) in [4.78, 5) is 39.4. The Bertz CT molecular complexity index is 1150. The average Bonchev–Trinajstić information content (AvgIpc) is 3.00. The van der Waals surface area contributed by atoms with Crippen LogP contribution < -0.4 is 5.32 Å². The number of nitrogens with one attached hydrogen (secondary N) is 1. The van der Waals surface area contributed by atoms with E-state index in [4.69, 9.17) is 0 Å². The third-order valence-electron chi connectivity index (χ3n) is 5.56. The molecule has 2 aromatic carbocycles. The Hall–Kier alpha value is -3.27. The van der Waals surface area contributed by atoms with Crippen molar-refractivity contribution in [2.45, 2.75) is 43.7 Å². The monoisotopic (exact) mass is 475 g/mol. The second kappa shape index (κ2) is 10.1. The zero-order valence-electron chi connectivity index (χ0n) is 18.5. The number of carbonyl (C=O) groups excluding carboxylic acids is 3. The number of amides is 3. The molecule has 3 rings (SSSR count). The highest BCUT2D eigenvalue weighted by molar-refractivity contribution is 7.90. The number of hydrogen-bond donors (Lipinski definition) is 1. The smallest absolute Gasteiger partial charge is 0.269 e. The van der Waals surface area contributed by atoms with Gasteiger partial charge in [0.25, 0.3) is 15.9 Å². The van der Waals surface area contributed by atoms with E-state index in [2.05, 4.69) is 5.32 Å². The number of halogens is 1. The normalized spacial score (nSPS) is 15.1. The van der Waals surface area contributed by atoms with E-state index >= 15 is 0 Å². The van der Waals surface area contributed by atoms with Gasteiger partial charge < -0.3 is 10.2 Å². The second-order valence-corrected chi connectivity index (χ2v) is 9.50. The van der Waals surface area contributed by atoms with Crippen molar-refractivity contribution in [1.82, 2.24) is 14.5 Å². The molecule has 0 saturated carbocycles. The molecule has 2 aromatic rings. The van der Waals surface area contributed by atoms with Gasteiger partial charge in [-0.2, -0.15) is 0 Å². The number of sulfonamides is 1. The minimum absolute atomic E-state index is 0.0371. The molecule has 10 heteroatoms. The second-order valence-electron chi connectivity index (χ2n) is 7.67. The van der Waals surface area contributed by atoms with Gasteiger partial charge in [-0.05, 0) is 42.7 Å². The molecule has 0 saturated heterocycles. The molecule has 1 heterocycles. The fraction of sp³-hybridized carbons (Fsp3) is 0.348. The molecule has 0 aliphatic carbocycles. The van der Waals surface area contributed by atoms with Crippen LogP contribution in [0.2, 0.25) is 0 Å². The predicted octanol–water partition coefficient (Wildman–Crippen LogP) is 2.30. The van der Waals surface area contributed by atoms with Crippen molar-refractivity contribution in [3.63, 3.8) is 0 Å². The maximum Gasteiger partial charge on any atom is 0.269 e. The molecule has 176 valence electrons. The van der Waals surface area contributed by atoms with E-state index in [1.165, 1.54) is 36.2 Å². The van der Waals surface area contributed by atoms with Crippen LogP contribution in [0.3, 0.4) is 0 Å².